The molecule has 0 aliphatic heterocycles. The summed E-state index contributed by atoms with van der Waals surface area (Å²) in [6.07, 6.45) is 48.0. The van der Waals surface area contributed by atoms with Crippen molar-refractivity contribution < 1.29 is 28.6 Å². The molecular formula is C52H100O6. The normalized spacial score (nSPS) is 11.9. The van der Waals surface area contributed by atoms with E-state index in [1.165, 1.54) is 186 Å². The average molecular weight is 821 g/mol. The molecule has 344 valence electrons. The van der Waals surface area contributed by atoms with E-state index in [4.69, 9.17) is 14.2 Å². The number of unbranched alkanes of at least 4 members (excludes halogenated alkanes) is 34. The first-order valence-corrected chi connectivity index (χ1v) is 25.9. The van der Waals surface area contributed by atoms with Crippen molar-refractivity contribution >= 4 is 17.9 Å². The summed E-state index contributed by atoms with van der Waals surface area (Å²) < 4.78 is 16.8. The number of carbonyl (C=O) groups is 3. The van der Waals surface area contributed by atoms with E-state index in [-0.39, 0.29) is 31.1 Å². The predicted molar refractivity (Wildman–Crippen MR) is 247 cm³/mol. The van der Waals surface area contributed by atoms with Gasteiger partial charge in [0.25, 0.3) is 0 Å². The van der Waals surface area contributed by atoms with Crippen molar-refractivity contribution in [2.24, 2.45) is 5.92 Å². The minimum atomic E-state index is -0.760. The number of ether oxygens (including phenoxy) is 3. The second-order valence-corrected chi connectivity index (χ2v) is 18.3. The zero-order valence-electron chi connectivity index (χ0n) is 39.5. The Morgan fingerprint density at radius 1 is 0.328 bits per heavy atom. The highest BCUT2D eigenvalue weighted by molar-refractivity contribution is 5.71. The highest BCUT2D eigenvalue weighted by atomic mass is 16.6. The molecule has 0 spiro atoms. The van der Waals surface area contributed by atoms with Crippen LogP contribution in [0.15, 0.2) is 0 Å². The molecule has 1 atom stereocenters. The Balaban J connectivity index is 4.28. The van der Waals surface area contributed by atoms with E-state index >= 15 is 0 Å². The number of hydrogen-bond acceptors (Lipinski definition) is 6. The molecule has 0 rings (SSSR count). The number of hydrogen-bond donors (Lipinski definition) is 0. The molecule has 58 heavy (non-hydrogen) atoms. The molecule has 0 heterocycles. The molecule has 0 saturated carbocycles. The minimum Gasteiger partial charge on any atom is -0.462 e. The molecule has 0 aromatic carbocycles. The molecule has 0 bridgehead atoms. The number of rotatable bonds is 47. The first-order chi connectivity index (χ1) is 28.4. The summed E-state index contributed by atoms with van der Waals surface area (Å²) in [5, 5.41) is 0. The summed E-state index contributed by atoms with van der Waals surface area (Å²) in [5.41, 5.74) is 0. The maximum Gasteiger partial charge on any atom is 0.306 e. The predicted octanol–water partition coefficient (Wildman–Crippen LogP) is 16.7. The first-order valence-electron chi connectivity index (χ1n) is 25.9. The fraction of sp³-hybridized carbons (Fsp3) is 0.942. The molecule has 6 heteroatoms. The summed E-state index contributed by atoms with van der Waals surface area (Å²) in [4.78, 5) is 37.9. The van der Waals surface area contributed by atoms with Crippen molar-refractivity contribution in [2.45, 2.75) is 297 Å². The van der Waals surface area contributed by atoms with Crippen LogP contribution in [0.1, 0.15) is 291 Å². The minimum absolute atomic E-state index is 0.0630. The van der Waals surface area contributed by atoms with Crippen molar-refractivity contribution in [3.8, 4) is 0 Å². The molecular weight excluding hydrogens is 721 g/mol. The van der Waals surface area contributed by atoms with E-state index in [2.05, 4.69) is 27.7 Å². The largest absolute Gasteiger partial charge is 0.462 e. The molecule has 0 saturated heterocycles. The molecule has 0 fully saturated rings. The fourth-order valence-electron chi connectivity index (χ4n) is 7.86. The maximum absolute atomic E-state index is 12.8. The Labute approximate surface area is 361 Å². The van der Waals surface area contributed by atoms with Crippen molar-refractivity contribution in [2.75, 3.05) is 13.2 Å². The molecule has 0 aliphatic rings. The molecule has 0 aromatic heterocycles. The standard InChI is InChI=1S/C52H100O6/c1-5-7-9-11-13-15-17-18-19-20-21-24-29-33-37-41-45-52(55)58-49(46-56-50(53)43-39-35-31-27-16-14-12-10-8-6-2)47-57-51(54)44-40-36-32-28-25-22-23-26-30-34-38-42-48(3)4/h48-49H,5-47H2,1-4H3/t49-/m0/s1. The zero-order valence-corrected chi connectivity index (χ0v) is 39.5. The summed E-state index contributed by atoms with van der Waals surface area (Å²) in [6, 6.07) is 0. The summed E-state index contributed by atoms with van der Waals surface area (Å²) in [7, 11) is 0. The smallest absolute Gasteiger partial charge is 0.306 e. The van der Waals surface area contributed by atoms with Crippen LogP contribution in [0.4, 0.5) is 0 Å². The fourth-order valence-corrected chi connectivity index (χ4v) is 7.86. The van der Waals surface area contributed by atoms with Gasteiger partial charge in [-0.2, -0.15) is 0 Å². The lowest BCUT2D eigenvalue weighted by molar-refractivity contribution is -0.167. The Kier molecular flexibility index (Phi) is 45.2. The van der Waals surface area contributed by atoms with Gasteiger partial charge in [-0.15, -0.1) is 0 Å². The number of carbonyl (C=O) groups excluding carboxylic acids is 3. The van der Waals surface area contributed by atoms with Crippen molar-refractivity contribution in [3.63, 3.8) is 0 Å². The Hall–Kier alpha value is -1.59. The molecule has 0 unspecified atom stereocenters. The highest BCUT2D eigenvalue weighted by Crippen LogP contribution is 2.17. The molecule has 0 N–H and O–H groups in total. The second kappa shape index (κ2) is 46.5. The lowest BCUT2D eigenvalue weighted by atomic mass is 10.0. The van der Waals surface area contributed by atoms with Gasteiger partial charge in [-0.3, -0.25) is 14.4 Å². The summed E-state index contributed by atoms with van der Waals surface area (Å²) >= 11 is 0. The maximum atomic E-state index is 12.8. The van der Waals surface area contributed by atoms with Crippen LogP contribution in [0.2, 0.25) is 0 Å². The van der Waals surface area contributed by atoms with Gasteiger partial charge < -0.3 is 14.2 Å². The molecule has 0 amide bonds. The third-order valence-corrected chi connectivity index (χ3v) is 11.8. The van der Waals surface area contributed by atoms with Gasteiger partial charge in [-0.1, -0.05) is 252 Å². The highest BCUT2D eigenvalue weighted by Gasteiger charge is 2.19. The van der Waals surface area contributed by atoms with Gasteiger partial charge in [-0.25, -0.2) is 0 Å². The van der Waals surface area contributed by atoms with E-state index in [9.17, 15) is 14.4 Å². The van der Waals surface area contributed by atoms with E-state index < -0.39 is 6.10 Å². The van der Waals surface area contributed by atoms with Crippen LogP contribution in [0.25, 0.3) is 0 Å². The van der Waals surface area contributed by atoms with Gasteiger partial charge in [0.05, 0.1) is 0 Å². The quantitative estimate of drug-likeness (QED) is 0.0346. The van der Waals surface area contributed by atoms with Gasteiger partial charge in [0, 0.05) is 19.3 Å². The monoisotopic (exact) mass is 821 g/mol. The first kappa shape index (κ1) is 56.4. The summed E-state index contributed by atoms with van der Waals surface area (Å²) in [6.45, 7) is 9.01. The third-order valence-electron chi connectivity index (χ3n) is 11.8. The van der Waals surface area contributed by atoms with Crippen LogP contribution < -0.4 is 0 Å². The van der Waals surface area contributed by atoms with Crippen LogP contribution in [-0.2, 0) is 28.6 Å². The van der Waals surface area contributed by atoms with Gasteiger partial charge >= 0.3 is 17.9 Å². The van der Waals surface area contributed by atoms with Crippen molar-refractivity contribution in [3.05, 3.63) is 0 Å². The zero-order chi connectivity index (χ0) is 42.4. The van der Waals surface area contributed by atoms with E-state index in [1.807, 2.05) is 0 Å². The lowest BCUT2D eigenvalue weighted by Crippen LogP contribution is -2.30. The Morgan fingerprint density at radius 3 is 0.845 bits per heavy atom. The number of esters is 3. The van der Waals surface area contributed by atoms with Gasteiger partial charge in [0.1, 0.15) is 13.2 Å². The average Bonchev–Trinajstić information content (AvgIpc) is 3.21. The second-order valence-electron chi connectivity index (χ2n) is 18.3. The molecule has 0 aliphatic carbocycles. The van der Waals surface area contributed by atoms with E-state index in [0.29, 0.717) is 19.3 Å². The van der Waals surface area contributed by atoms with Crippen molar-refractivity contribution in [1.82, 2.24) is 0 Å². The van der Waals surface area contributed by atoms with Crippen LogP contribution in [0.5, 0.6) is 0 Å². The van der Waals surface area contributed by atoms with Gasteiger partial charge in [0.15, 0.2) is 6.10 Å². The van der Waals surface area contributed by atoms with Crippen LogP contribution >= 0.6 is 0 Å². The topological polar surface area (TPSA) is 78.9 Å². The molecule has 6 nitrogen and oxygen atoms in total. The van der Waals surface area contributed by atoms with Crippen LogP contribution in [0, 0.1) is 5.92 Å². The SMILES string of the molecule is CCCCCCCCCCCCCCCCCCC(=O)O[C@@H](COC(=O)CCCCCCCCCCCC)COC(=O)CCCCCCCCCCCCCC(C)C. The Bertz CT molecular complexity index is 872. The van der Waals surface area contributed by atoms with Crippen LogP contribution in [0.3, 0.4) is 0 Å². The Morgan fingerprint density at radius 2 is 0.569 bits per heavy atom. The lowest BCUT2D eigenvalue weighted by Gasteiger charge is -2.18. The molecule has 0 aromatic rings. The van der Waals surface area contributed by atoms with Crippen LogP contribution in [-0.4, -0.2) is 37.2 Å². The van der Waals surface area contributed by atoms with E-state index in [0.717, 1.165) is 63.7 Å². The summed E-state index contributed by atoms with van der Waals surface area (Å²) in [5.74, 6) is -0.0188. The van der Waals surface area contributed by atoms with Crippen molar-refractivity contribution in [1.29, 1.82) is 0 Å². The molecule has 0 radical (unpaired) electrons. The third kappa shape index (κ3) is 45.5. The van der Waals surface area contributed by atoms with Gasteiger partial charge in [-0.05, 0) is 25.2 Å². The van der Waals surface area contributed by atoms with E-state index in [1.54, 1.807) is 0 Å². The van der Waals surface area contributed by atoms with Gasteiger partial charge in [0.2, 0.25) is 0 Å².